The first-order valence-corrected chi connectivity index (χ1v) is 6.98. The van der Waals surface area contributed by atoms with E-state index in [-0.39, 0.29) is 0 Å². The maximum Gasteiger partial charge on any atom is 0.321 e. The van der Waals surface area contributed by atoms with Crippen LogP contribution in [0.5, 0.6) is 0 Å². The Bertz CT molecular complexity index is 331. The first-order chi connectivity index (χ1) is 7.20. The van der Waals surface area contributed by atoms with Crippen LogP contribution in [0.15, 0.2) is 4.52 Å². The lowest BCUT2D eigenvalue weighted by Gasteiger charge is -2.29. The molecule has 15 heavy (non-hydrogen) atoms. The summed E-state index contributed by atoms with van der Waals surface area (Å²) in [7, 11) is 1.78. The third kappa shape index (κ3) is 2.42. The molecular weight excluding hydrogens is 230 g/mol. The topological polar surface area (TPSA) is 51.0 Å². The molecule has 0 spiro atoms. The SMILES string of the molecule is CNc1nc(C2CSC(C)C(C)S2)no1. The Kier molecular flexibility index (Phi) is 3.45. The zero-order valence-electron chi connectivity index (χ0n) is 9.06. The molecule has 1 aliphatic heterocycles. The van der Waals surface area contributed by atoms with Crippen LogP contribution in [0.25, 0.3) is 0 Å². The van der Waals surface area contributed by atoms with Crippen molar-refractivity contribution in [3.05, 3.63) is 5.82 Å². The number of nitrogens with one attached hydrogen (secondary N) is 1. The molecule has 0 saturated carbocycles. The Labute approximate surface area is 98.0 Å². The molecular formula is C9H15N3OS2. The second-order valence-electron chi connectivity index (χ2n) is 3.58. The number of nitrogens with zero attached hydrogens (tertiary/aromatic N) is 2. The van der Waals surface area contributed by atoms with Gasteiger partial charge in [-0.25, -0.2) is 0 Å². The van der Waals surface area contributed by atoms with Crippen LogP contribution in [0, 0.1) is 0 Å². The number of hydrogen-bond donors (Lipinski definition) is 1. The van der Waals surface area contributed by atoms with Gasteiger partial charge in [-0.1, -0.05) is 19.0 Å². The van der Waals surface area contributed by atoms with Gasteiger partial charge in [0, 0.05) is 23.3 Å². The van der Waals surface area contributed by atoms with Gasteiger partial charge in [-0.2, -0.15) is 16.7 Å². The Morgan fingerprint density at radius 3 is 2.80 bits per heavy atom. The first-order valence-electron chi connectivity index (χ1n) is 4.99. The van der Waals surface area contributed by atoms with Crippen LogP contribution in [0.1, 0.15) is 24.9 Å². The molecule has 3 unspecified atom stereocenters. The summed E-state index contributed by atoms with van der Waals surface area (Å²) < 4.78 is 5.03. The van der Waals surface area contributed by atoms with Crippen molar-refractivity contribution in [1.29, 1.82) is 0 Å². The molecule has 84 valence electrons. The normalized spacial score (nSPS) is 31.5. The molecule has 1 aromatic rings. The molecule has 1 aromatic heterocycles. The molecule has 0 aliphatic carbocycles. The predicted molar refractivity (Wildman–Crippen MR) is 65.6 cm³/mol. The van der Waals surface area contributed by atoms with E-state index in [1.807, 2.05) is 23.5 Å². The molecule has 1 fully saturated rings. The highest BCUT2D eigenvalue weighted by Crippen LogP contribution is 2.43. The molecule has 1 aliphatic rings. The number of aromatic nitrogens is 2. The van der Waals surface area contributed by atoms with Crippen molar-refractivity contribution in [2.24, 2.45) is 0 Å². The highest BCUT2D eigenvalue weighted by atomic mass is 32.2. The van der Waals surface area contributed by atoms with Gasteiger partial charge in [0.2, 0.25) is 0 Å². The van der Waals surface area contributed by atoms with Crippen LogP contribution in [0.4, 0.5) is 6.01 Å². The fourth-order valence-corrected chi connectivity index (χ4v) is 4.22. The quantitative estimate of drug-likeness (QED) is 0.863. The minimum atomic E-state index is 0.368. The summed E-state index contributed by atoms with van der Waals surface area (Å²) in [6, 6.07) is 0.502. The van der Waals surface area contributed by atoms with Gasteiger partial charge in [0.25, 0.3) is 0 Å². The predicted octanol–water partition coefficient (Wildman–Crippen LogP) is 2.41. The van der Waals surface area contributed by atoms with Crippen molar-refractivity contribution in [1.82, 2.24) is 10.1 Å². The Hall–Kier alpha value is -0.360. The molecule has 1 saturated heterocycles. The molecule has 0 bridgehead atoms. The summed E-state index contributed by atoms with van der Waals surface area (Å²) in [6.45, 7) is 4.53. The van der Waals surface area contributed by atoms with Gasteiger partial charge in [0.05, 0.1) is 5.25 Å². The summed E-state index contributed by atoms with van der Waals surface area (Å²) in [6.07, 6.45) is 0. The second kappa shape index (κ2) is 4.65. The Morgan fingerprint density at radius 1 is 1.40 bits per heavy atom. The average molecular weight is 245 g/mol. The average Bonchev–Trinajstić information content (AvgIpc) is 2.70. The highest BCUT2D eigenvalue weighted by molar-refractivity contribution is 8.07. The number of rotatable bonds is 2. The fourth-order valence-electron chi connectivity index (χ4n) is 1.39. The third-order valence-electron chi connectivity index (χ3n) is 2.49. The smallest absolute Gasteiger partial charge is 0.321 e. The van der Waals surface area contributed by atoms with Crippen LogP contribution < -0.4 is 5.32 Å². The van der Waals surface area contributed by atoms with E-state index in [0.717, 1.165) is 11.6 Å². The summed E-state index contributed by atoms with van der Waals surface area (Å²) in [4.78, 5) is 4.29. The molecule has 1 N–H and O–H groups in total. The van der Waals surface area contributed by atoms with Gasteiger partial charge in [-0.15, -0.1) is 11.8 Å². The van der Waals surface area contributed by atoms with E-state index >= 15 is 0 Å². The number of hydrogen-bond acceptors (Lipinski definition) is 6. The van der Waals surface area contributed by atoms with Crippen molar-refractivity contribution in [2.45, 2.75) is 29.6 Å². The highest BCUT2D eigenvalue weighted by Gasteiger charge is 2.29. The van der Waals surface area contributed by atoms with Crippen LogP contribution in [-0.4, -0.2) is 33.4 Å². The van der Waals surface area contributed by atoms with Gasteiger partial charge in [-0.3, -0.25) is 0 Å². The Balaban J connectivity index is 2.05. The van der Waals surface area contributed by atoms with Crippen LogP contribution >= 0.6 is 23.5 Å². The summed E-state index contributed by atoms with van der Waals surface area (Å²) in [5.41, 5.74) is 0. The number of thioether (sulfide) groups is 2. The van der Waals surface area contributed by atoms with E-state index in [9.17, 15) is 0 Å². The van der Waals surface area contributed by atoms with Crippen molar-refractivity contribution in [3.8, 4) is 0 Å². The molecule has 0 amide bonds. The van der Waals surface area contributed by atoms with Gasteiger partial charge in [0.1, 0.15) is 0 Å². The van der Waals surface area contributed by atoms with E-state index in [2.05, 4.69) is 29.3 Å². The van der Waals surface area contributed by atoms with Crippen molar-refractivity contribution >= 4 is 29.5 Å². The number of anilines is 1. The summed E-state index contributed by atoms with van der Waals surface area (Å²) in [5, 5.41) is 8.56. The standard InChI is InChI=1S/C9H15N3OS2/c1-5-6(2)15-7(4-14-5)8-11-9(10-3)13-12-8/h5-7H,4H2,1-3H3,(H,10,11,12). The lowest BCUT2D eigenvalue weighted by molar-refractivity contribution is 0.424. The minimum Gasteiger partial charge on any atom is -0.341 e. The molecule has 0 radical (unpaired) electrons. The van der Waals surface area contributed by atoms with Crippen LogP contribution in [-0.2, 0) is 0 Å². The van der Waals surface area contributed by atoms with E-state index < -0.39 is 0 Å². The lowest BCUT2D eigenvalue weighted by Crippen LogP contribution is -2.22. The largest absolute Gasteiger partial charge is 0.341 e. The van der Waals surface area contributed by atoms with E-state index in [0.29, 0.717) is 21.8 Å². The van der Waals surface area contributed by atoms with Gasteiger partial charge >= 0.3 is 6.01 Å². The zero-order valence-corrected chi connectivity index (χ0v) is 10.7. The third-order valence-corrected chi connectivity index (χ3v) is 5.88. The molecule has 0 aromatic carbocycles. The molecule has 3 atom stereocenters. The zero-order chi connectivity index (χ0) is 10.8. The molecule has 6 heteroatoms. The van der Waals surface area contributed by atoms with E-state index in [4.69, 9.17) is 4.52 Å². The maximum absolute atomic E-state index is 5.03. The monoisotopic (exact) mass is 245 g/mol. The van der Waals surface area contributed by atoms with Crippen LogP contribution in [0.3, 0.4) is 0 Å². The van der Waals surface area contributed by atoms with E-state index in [1.54, 1.807) is 7.05 Å². The first kappa shape index (κ1) is 11.1. The molecule has 2 rings (SSSR count). The van der Waals surface area contributed by atoms with Crippen molar-refractivity contribution in [2.75, 3.05) is 18.1 Å². The maximum atomic E-state index is 5.03. The molecule has 4 nitrogen and oxygen atoms in total. The van der Waals surface area contributed by atoms with Crippen molar-refractivity contribution < 1.29 is 4.52 Å². The molecule has 2 heterocycles. The lowest BCUT2D eigenvalue weighted by atomic mass is 10.3. The van der Waals surface area contributed by atoms with E-state index in [1.165, 1.54) is 0 Å². The minimum absolute atomic E-state index is 0.368. The Morgan fingerprint density at radius 2 is 2.20 bits per heavy atom. The summed E-state index contributed by atoms with van der Waals surface area (Å²) >= 11 is 3.92. The van der Waals surface area contributed by atoms with Gasteiger partial charge < -0.3 is 9.84 Å². The summed E-state index contributed by atoms with van der Waals surface area (Å²) in [5.74, 6) is 1.88. The van der Waals surface area contributed by atoms with Crippen molar-refractivity contribution in [3.63, 3.8) is 0 Å². The fraction of sp³-hybridized carbons (Fsp3) is 0.778. The van der Waals surface area contributed by atoms with Gasteiger partial charge in [0.15, 0.2) is 5.82 Å². The second-order valence-corrected chi connectivity index (χ2v) is 6.57. The van der Waals surface area contributed by atoms with Gasteiger partial charge in [-0.05, 0) is 0 Å². The van der Waals surface area contributed by atoms with Crippen LogP contribution in [0.2, 0.25) is 0 Å².